The third kappa shape index (κ3) is 4.06. The van der Waals surface area contributed by atoms with Gasteiger partial charge in [-0.1, -0.05) is 36.5 Å². The quantitative estimate of drug-likeness (QED) is 0.860. The summed E-state index contributed by atoms with van der Waals surface area (Å²) < 4.78 is 27.2. The zero-order chi connectivity index (χ0) is 15.4. The number of benzene rings is 2. The van der Waals surface area contributed by atoms with Gasteiger partial charge in [-0.15, -0.1) is 0 Å². The molecule has 0 radical (unpaired) electrons. The van der Waals surface area contributed by atoms with Crippen molar-refractivity contribution >= 4 is 17.2 Å². The van der Waals surface area contributed by atoms with Crippen LogP contribution >= 0.6 is 12.2 Å². The lowest BCUT2D eigenvalue weighted by atomic mass is 10.1. The van der Waals surface area contributed by atoms with E-state index < -0.39 is 11.6 Å². The molecule has 0 aliphatic carbocycles. The Kier molecular flexibility index (Phi) is 4.98. The lowest BCUT2D eigenvalue weighted by molar-refractivity contribution is 0.307. The highest BCUT2D eigenvalue weighted by molar-refractivity contribution is 7.80. The van der Waals surface area contributed by atoms with E-state index in [4.69, 9.17) is 18.0 Å². The summed E-state index contributed by atoms with van der Waals surface area (Å²) >= 11 is 4.94. The lowest BCUT2D eigenvalue weighted by Gasteiger charge is -2.18. The predicted octanol–water partition coefficient (Wildman–Crippen LogP) is 3.23. The lowest BCUT2D eigenvalue weighted by Crippen LogP contribution is -2.19. The molecule has 0 amide bonds. The minimum atomic E-state index is -0.529. The molecule has 0 fully saturated rings. The van der Waals surface area contributed by atoms with E-state index in [2.05, 4.69) is 0 Å². The van der Waals surface area contributed by atoms with Crippen LogP contribution in [0.2, 0.25) is 0 Å². The van der Waals surface area contributed by atoms with Gasteiger partial charge in [-0.2, -0.15) is 0 Å². The maximum absolute atomic E-state index is 13.6. The molecule has 0 bridgehead atoms. The van der Waals surface area contributed by atoms with Crippen LogP contribution in [0.4, 0.5) is 8.78 Å². The monoisotopic (exact) mass is 306 g/mol. The summed E-state index contributed by atoms with van der Waals surface area (Å²) in [5, 5.41) is 0. The second-order valence-electron chi connectivity index (χ2n) is 4.94. The number of hydrogen-bond donors (Lipinski definition) is 1. The molecule has 0 spiro atoms. The molecule has 2 aromatic rings. The number of hydrogen-bond acceptors (Lipinski definition) is 2. The van der Waals surface area contributed by atoms with Gasteiger partial charge in [0.1, 0.15) is 16.6 Å². The first-order valence-electron chi connectivity index (χ1n) is 6.47. The molecule has 0 aromatic heterocycles. The molecular weight excluding hydrogens is 290 g/mol. The van der Waals surface area contributed by atoms with Crippen molar-refractivity contribution in [3.8, 4) is 0 Å². The summed E-state index contributed by atoms with van der Waals surface area (Å²) in [6, 6.07) is 11.4. The summed E-state index contributed by atoms with van der Waals surface area (Å²) in [7, 11) is 1.80. The van der Waals surface area contributed by atoms with Gasteiger partial charge in [0.15, 0.2) is 0 Å². The normalized spacial score (nSPS) is 10.9. The third-order valence-corrected chi connectivity index (χ3v) is 3.39. The molecule has 0 aliphatic rings. The topological polar surface area (TPSA) is 29.3 Å². The Labute approximate surface area is 128 Å². The average molecular weight is 306 g/mol. The first-order valence-corrected chi connectivity index (χ1v) is 6.88. The minimum Gasteiger partial charge on any atom is -0.389 e. The molecule has 0 saturated carbocycles. The molecule has 0 aliphatic heterocycles. The Bertz CT molecular complexity index is 638. The molecule has 0 heterocycles. The zero-order valence-corrected chi connectivity index (χ0v) is 12.5. The maximum Gasteiger partial charge on any atom is 0.130 e. The van der Waals surface area contributed by atoms with E-state index in [1.165, 1.54) is 18.2 Å². The number of rotatable bonds is 5. The fourth-order valence-corrected chi connectivity index (χ4v) is 2.27. The molecule has 2 nitrogen and oxygen atoms in total. The highest BCUT2D eigenvalue weighted by Gasteiger charge is 2.11. The van der Waals surface area contributed by atoms with Crippen molar-refractivity contribution in [1.82, 2.24) is 4.90 Å². The van der Waals surface area contributed by atoms with E-state index in [1.807, 2.05) is 29.2 Å². The van der Waals surface area contributed by atoms with Gasteiger partial charge in [0.25, 0.3) is 0 Å². The summed E-state index contributed by atoms with van der Waals surface area (Å²) in [5.74, 6) is -1.06. The van der Waals surface area contributed by atoms with Gasteiger partial charge >= 0.3 is 0 Å². The van der Waals surface area contributed by atoms with Crippen molar-refractivity contribution in [2.45, 2.75) is 13.1 Å². The Balaban J connectivity index is 2.10. The van der Waals surface area contributed by atoms with Crippen molar-refractivity contribution in [2.24, 2.45) is 5.73 Å². The van der Waals surface area contributed by atoms with Crippen LogP contribution < -0.4 is 5.73 Å². The predicted molar refractivity (Wildman–Crippen MR) is 83.9 cm³/mol. The van der Waals surface area contributed by atoms with Crippen LogP contribution in [0.15, 0.2) is 42.5 Å². The molecule has 21 heavy (non-hydrogen) atoms. The summed E-state index contributed by atoms with van der Waals surface area (Å²) in [4.78, 5) is 2.17. The second-order valence-corrected chi connectivity index (χ2v) is 5.38. The fraction of sp³-hybridized carbons (Fsp3) is 0.188. The fourth-order valence-electron chi connectivity index (χ4n) is 2.14. The Hall–Kier alpha value is -1.85. The van der Waals surface area contributed by atoms with E-state index in [0.717, 1.165) is 11.1 Å². The van der Waals surface area contributed by atoms with Crippen LogP contribution in [0.1, 0.15) is 16.7 Å². The maximum atomic E-state index is 13.6. The molecule has 0 saturated heterocycles. The Morgan fingerprint density at radius 3 is 2.33 bits per heavy atom. The minimum absolute atomic E-state index is 0.0745. The smallest absolute Gasteiger partial charge is 0.130 e. The zero-order valence-electron chi connectivity index (χ0n) is 11.6. The van der Waals surface area contributed by atoms with Gasteiger partial charge in [0.05, 0.1) is 0 Å². The van der Waals surface area contributed by atoms with Crippen LogP contribution in [0, 0.1) is 11.6 Å². The molecule has 5 heteroatoms. The highest BCUT2D eigenvalue weighted by atomic mass is 32.1. The van der Waals surface area contributed by atoms with Crippen LogP contribution in [0.5, 0.6) is 0 Å². The number of nitrogens with zero attached hydrogens (tertiary/aromatic N) is 1. The van der Waals surface area contributed by atoms with E-state index in [-0.39, 0.29) is 12.1 Å². The van der Waals surface area contributed by atoms with Crippen LogP contribution in [-0.4, -0.2) is 16.9 Å². The number of halogens is 2. The van der Waals surface area contributed by atoms with Crippen LogP contribution in [0.25, 0.3) is 0 Å². The molecule has 2 N–H and O–H groups in total. The second kappa shape index (κ2) is 6.74. The number of thiocarbonyl (C=S) groups is 1. The first kappa shape index (κ1) is 15.5. The molecule has 0 unspecified atom stereocenters. The van der Waals surface area contributed by atoms with Crippen LogP contribution in [0.3, 0.4) is 0 Å². The summed E-state index contributed by atoms with van der Waals surface area (Å²) in [6.07, 6.45) is 0. The standard InChI is InChI=1S/C16H16F2N2S/c1-20(10-13-14(17)6-3-7-15(13)18)9-11-4-2-5-12(8-11)16(19)21/h2-8H,9-10H2,1H3,(H2,19,21). The van der Waals surface area contributed by atoms with Gasteiger partial charge in [-0.3, -0.25) is 4.90 Å². The summed E-state index contributed by atoms with van der Waals surface area (Å²) in [5.41, 5.74) is 7.44. The van der Waals surface area contributed by atoms with Gasteiger partial charge in [-0.25, -0.2) is 8.78 Å². The van der Waals surface area contributed by atoms with E-state index >= 15 is 0 Å². The van der Waals surface area contributed by atoms with Crippen molar-refractivity contribution in [3.63, 3.8) is 0 Å². The van der Waals surface area contributed by atoms with Gasteiger partial charge in [-0.05, 0) is 30.8 Å². The van der Waals surface area contributed by atoms with Gasteiger partial charge in [0, 0.05) is 24.2 Å². The highest BCUT2D eigenvalue weighted by Crippen LogP contribution is 2.16. The van der Waals surface area contributed by atoms with Crippen molar-refractivity contribution < 1.29 is 8.78 Å². The van der Waals surface area contributed by atoms with E-state index in [9.17, 15) is 8.78 Å². The largest absolute Gasteiger partial charge is 0.389 e. The Morgan fingerprint density at radius 1 is 1.10 bits per heavy atom. The average Bonchev–Trinajstić information content (AvgIpc) is 2.43. The molecule has 0 atom stereocenters. The first-order chi connectivity index (χ1) is 9.97. The molecule has 2 rings (SSSR count). The summed E-state index contributed by atoms with van der Waals surface area (Å²) in [6.45, 7) is 0.736. The van der Waals surface area contributed by atoms with Gasteiger partial charge < -0.3 is 5.73 Å². The van der Waals surface area contributed by atoms with E-state index in [1.54, 1.807) is 7.05 Å². The van der Waals surface area contributed by atoms with Crippen molar-refractivity contribution in [2.75, 3.05) is 7.05 Å². The van der Waals surface area contributed by atoms with E-state index in [0.29, 0.717) is 11.5 Å². The third-order valence-electron chi connectivity index (χ3n) is 3.15. The Morgan fingerprint density at radius 2 is 1.71 bits per heavy atom. The van der Waals surface area contributed by atoms with Gasteiger partial charge in [0.2, 0.25) is 0 Å². The van der Waals surface area contributed by atoms with Crippen LogP contribution in [-0.2, 0) is 13.1 Å². The molecule has 110 valence electrons. The number of nitrogens with two attached hydrogens (primary N) is 1. The van der Waals surface area contributed by atoms with Crippen molar-refractivity contribution in [1.29, 1.82) is 0 Å². The molecular formula is C16H16F2N2S. The molecule has 2 aromatic carbocycles. The van der Waals surface area contributed by atoms with Crippen molar-refractivity contribution in [3.05, 3.63) is 70.8 Å². The SMILES string of the molecule is CN(Cc1cccc(C(N)=S)c1)Cc1c(F)cccc1F.